The molecular weight excluding hydrogens is 186 g/mol. The van der Waals surface area contributed by atoms with E-state index in [2.05, 4.69) is 35.8 Å². The van der Waals surface area contributed by atoms with Crippen molar-refractivity contribution in [1.82, 2.24) is 9.78 Å². The first-order chi connectivity index (χ1) is 7.24. The third kappa shape index (κ3) is 1.75. The van der Waals surface area contributed by atoms with E-state index in [4.69, 9.17) is 5.73 Å². The van der Waals surface area contributed by atoms with Crippen LogP contribution in [0.4, 0.5) is 0 Å². The smallest absolute Gasteiger partial charge is 0.0685 e. The predicted molar refractivity (Wildman–Crippen MR) is 62.7 cm³/mol. The van der Waals surface area contributed by atoms with E-state index in [0.717, 1.165) is 0 Å². The van der Waals surface area contributed by atoms with Gasteiger partial charge in [-0.05, 0) is 25.5 Å². The van der Waals surface area contributed by atoms with E-state index in [1.54, 1.807) is 0 Å². The first-order valence-corrected chi connectivity index (χ1v) is 5.36. The van der Waals surface area contributed by atoms with Crippen molar-refractivity contribution in [2.75, 3.05) is 6.54 Å². The maximum atomic E-state index is 5.68. The molecule has 0 saturated carbocycles. The molecule has 2 unspecified atom stereocenters. The van der Waals surface area contributed by atoms with Crippen LogP contribution in [-0.2, 0) is 0 Å². The number of aromatic nitrogens is 2. The summed E-state index contributed by atoms with van der Waals surface area (Å²) < 4.78 is 2.06. The van der Waals surface area contributed by atoms with Gasteiger partial charge in [0.25, 0.3) is 0 Å². The molecule has 80 valence electrons. The lowest BCUT2D eigenvalue weighted by molar-refractivity contribution is 0.368. The maximum Gasteiger partial charge on any atom is 0.0685 e. The topological polar surface area (TPSA) is 43.8 Å². The number of rotatable bonds is 3. The minimum Gasteiger partial charge on any atom is -0.330 e. The molecule has 1 heterocycles. The highest BCUT2D eigenvalue weighted by Crippen LogP contribution is 2.21. The summed E-state index contributed by atoms with van der Waals surface area (Å²) in [5.74, 6) is 0.438. The Labute approximate surface area is 89.9 Å². The Hall–Kier alpha value is -1.35. The van der Waals surface area contributed by atoms with E-state index in [1.165, 1.54) is 10.9 Å². The number of benzene rings is 1. The van der Waals surface area contributed by atoms with Gasteiger partial charge in [-0.1, -0.05) is 25.1 Å². The van der Waals surface area contributed by atoms with Crippen LogP contribution in [0.1, 0.15) is 19.9 Å². The fraction of sp³-hybridized carbons (Fsp3) is 0.417. The predicted octanol–water partition coefficient (Wildman–Crippen LogP) is 2.19. The third-order valence-corrected chi connectivity index (χ3v) is 3.09. The summed E-state index contributed by atoms with van der Waals surface area (Å²) in [5, 5.41) is 5.61. The van der Waals surface area contributed by atoms with Gasteiger partial charge in [-0.25, -0.2) is 0 Å². The monoisotopic (exact) mass is 203 g/mol. The molecule has 2 atom stereocenters. The van der Waals surface area contributed by atoms with Crippen molar-refractivity contribution in [2.45, 2.75) is 19.9 Å². The minimum atomic E-state index is 0.342. The van der Waals surface area contributed by atoms with Gasteiger partial charge >= 0.3 is 0 Å². The first-order valence-electron chi connectivity index (χ1n) is 5.36. The Morgan fingerprint density at radius 1 is 1.33 bits per heavy atom. The number of nitrogens with two attached hydrogens (primary N) is 1. The molecule has 3 heteroatoms. The average molecular weight is 203 g/mol. The first kappa shape index (κ1) is 10.2. The molecule has 1 aromatic carbocycles. The lowest BCUT2D eigenvalue weighted by atomic mass is 10.0. The van der Waals surface area contributed by atoms with Gasteiger partial charge in [-0.15, -0.1) is 0 Å². The largest absolute Gasteiger partial charge is 0.330 e. The van der Waals surface area contributed by atoms with E-state index in [-0.39, 0.29) is 0 Å². The summed E-state index contributed by atoms with van der Waals surface area (Å²) in [6.07, 6.45) is 1.91. The Bertz CT molecular complexity index is 447. The molecule has 0 amide bonds. The van der Waals surface area contributed by atoms with E-state index < -0.39 is 0 Å². The molecular formula is C12H17N3. The molecule has 0 saturated heterocycles. The van der Waals surface area contributed by atoms with Gasteiger partial charge in [0.1, 0.15) is 0 Å². The number of hydrogen-bond donors (Lipinski definition) is 1. The van der Waals surface area contributed by atoms with Gasteiger partial charge in [-0.3, -0.25) is 4.68 Å². The molecule has 3 nitrogen and oxygen atoms in total. The van der Waals surface area contributed by atoms with Crippen LogP contribution in [0.3, 0.4) is 0 Å². The van der Waals surface area contributed by atoms with Crippen molar-refractivity contribution in [3.63, 3.8) is 0 Å². The molecule has 1 aromatic heterocycles. The van der Waals surface area contributed by atoms with Gasteiger partial charge in [0.2, 0.25) is 0 Å². The van der Waals surface area contributed by atoms with Crippen molar-refractivity contribution in [1.29, 1.82) is 0 Å². The van der Waals surface area contributed by atoms with Crippen molar-refractivity contribution < 1.29 is 0 Å². The highest BCUT2D eigenvalue weighted by Gasteiger charge is 2.14. The van der Waals surface area contributed by atoms with Crippen molar-refractivity contribution in [3.8, 4) is 0 Å². The summed E-state index contributed by atoms with van der Waals surface area (Å²) in [6.45, 7) is 5.01. The second-order valence-corrected chi connectivity index (χ2v) is 4.10. The van der Waals surface area contributed by atoms with Gasteiger partial charge in [0.15, 0.2) is 0 Å². The van der Waals surface area contributed by atoms with Gasteiger partial charge in [0.05, 0.1) is 17.8 Å². The van der Waals surface area contributed by atoms with E-state index in [9.17, 15) is 0 Å². The zero-order chi connectivity index (χ0) is 10.8. The van der Waals surface area contributed by atoms with Crippen LogP contribution >= 0.6 is 0 Å². The Kier molecular flexibility index (Phi) is 2.73. The van der Waals surface area contributed by atoms with Crippen LogP contribution in [0.15, 0.2) is 30.5 Å². The standard InChI is InChI=1S/C12H17N3/c1-9(7-13)10(2)15-12-6-4-3-5-11(12)8-14-15/h3-6,8-10H,7,13H2,1-2H3. The average Bonchev–Trinajstić information content (AvgIpc) is 2.70. The molecule has 2 aromatic rings. The Balaban J connectivity index is 2.43. The van der Waals surface area contributed by atoms with Crippen LogP contribution in [-0.4, -0.2) is 16.3 Å². The fourth-order valence-electron chi connectivity index (χ4n) is 1.75. The normalized spacial score (nSPS) is 15.4. The number of fused-ring (bicyclic) bond motifs is 1. The lowest BCUT2D eigenvalue weighted by Crippen LogP contribution is -2.22. The summed E-state index contributed by atoms with van der Waals surface area (Å²) in [7, 11) is 0. The van der Waals surface area contributed by atoms with Gasteiger partial charge in [0, 0.05) is 5.39 Å². The zero-order valence-electron chi connectivity index (χ0n) is 9.22. The highest BCUT2D eigenvalue weighted by atomic mass is 15.3. The van der Waals surface area contributed by atoms with Crippen LogP contribution in [0.5, 0.6) is 0 Å². The van der Waals surface area contributed by atoms with E-state index in [0.29, 0.717) is 18.5 Å². The molecule has 2 N–H and O–H groups in total. The molecule has 0 bridgehead atoms. The molecule has 0 fully saturated rings. The molecule has 2 rings (SSSR count). The second-order valence-electron chi connectivity index (χ2n) is 4.10. The third-order valence-electron chi connectivity index (χ3n) is 3.09. The highest BCUT2D eigenvalue weighted by molar-refractivity contribution is 5.78. The minimum absolute atomic E-state index is 0.342. The van der Waals surface area contributed by atoms with Crippen molar-refractivity contribution in [3.05, 3.63) is 30.5 Å². The second kappa shape index (κ2) is 4.03. The molecule has 0 aliphatic heterocycles. The van der Waals surface area contributed by atoms with Crippen LogP contribution < -0.4 is 5.73 Å². The fourth-order valence-corrected chi connectivity index (χ4v) is 1.75. The molecule has 0 aliphatic carbocycles. The molecule has 15 heavy (non-hydrogen) atoms. The molecule has 0 spiro atoms. The number of para-hydroxylation sites is 1. The Morgan fingerprint density at radius 2 is 2.07 bits per heavy atom. The van der Waals surface area contributed by atoms with Gasteiger partial charge < -0.3 is 5.73 Å². The van der Waals surface area contributed by atoms with Crippen molar-refractivity contribution in [2.24, 2.45) is 11.7 Å². The van der Waals surface area contributed by atoms with Crippen LogP contribution in [0.2, 0.25) is 0 Å². The number of nitrogens with zero attached hydrogens (tertiary/aromatic N) is 2. The van der Waals surface area contributed by atoms with Crippen molar-refractivity contribution >= 4 is 10.9 Å². The molecule has 0 radical (unpaired) electrons. The van der Waals surface area contributed by atoms with E-state index in [1.807, 2.05) is 18.3 Å². The van der Waals surface area contributed by atoms with Crippen LogP contribution in [0, 0.1) is 5.92 Å². The summed E-state index contributed by atoms with van der Waals surface area (Å²) in [4.78, 5) is 0. The van der Waals surface area contributed by atoms with Gasteiger partial charge in [-0.2, -0.15) is 5.10 Å². The zero-order valence-corrected chi connectivity index (χ0v) is 9.22. The Morgan fingerprint density at radius 3 is 2.80 bits per heavy atom. The van der Waals surface area contributed by atoms with Crippen LogP contribution in [0.25, 0.3) is 10.9 Å². The summed E-state index contributed by atoms with van der Waals surface area (Å²) >= 11 is 0. The SMILES string of the molecule is CC(CN)C(C)n1ncc2ccccc21. The summed E-state index contributed by atoms with van der Waals surface area (Å²) in [6, 6.07) is 8.60. The maximum absolute atomic E-state index is 5.68. The lowest BCUT2D eigenvalue weighted by Gasteiger charge is -2.19. The summed E-state index contributed by atoms with van der Waals surface area (Å²) in [5.41, 5.74) is 6.87. The number of hydrogen-bond acceptors (Lipinski definition) is 2. The quantitative estimate of drug-likeness (QED) is 0.831. The molecule has 0 aliphatic rings. The van der Waals surface area contributed by atoms with E-state index >= 15 is 0 Å².